The first-order valence-corrected chi connectivity index (χ1v) is 9.78. The van der Waals surface area contributed by atoms with E-state index in [1.54, 1.807) is 5.01 Å². The highest BCUT2D eigenvalue weighted by atomic mass is 35.5. The number of amidine groups is 1. The van der Waals surface area contributed by atoms with Crippen molar-refractivity contribution in [2.75, 3.05) is 5.75 Å². The third-order valence-corrected chi connectivity index (χ3v) is 5.41. The molecule has 2 aromatic carbocycles. The molecule has 1 amide bonds. The Morgan fingerprint density at radius 2 is 2.08 bits per heavy atom. The first-order valence-electron chi connectivity index (χ1n) is 8.42. The molecule has 0 spiro atoms. The number of carbonyl (C=O) groups is 1. The molecule has 7 heteroatoms. The van der Waals surface area contributed by atoms with Gasteiger partial charge in [-0.25, -0.2) is 5.01 Å². The van der Waals surface area contributed by atoms with E-state index in [2.05, 4.69) is 17.3 Å². The Hall–Kier alpha value is -2.31. The van der Waals surface area contributed by atoms with E-state index in [-0.39, 0.29) is 5.91 Å². The quantitative estimate of drug-likeness (QED) is 0.885. The number of fused-ring (bicyclic) bond motifs is 2. The molecule has 2 heterocycles. The summed E-state index contributed by atoms with van der Waals surface area (Å²) in [6.45, 7) is 2.09. The van der Waals surface area contributed by atoms with E-state index >= 15 is 0 Å². The van der Waals surface area contributed by atoms with E-state index in [4.69, 9.17) is 16.6 Å². The molecule has 0 bridgehead atoms. The van der Waals surface area contributed by atoms with Crippen molar-refractivity contribution in [3.8, 4) is 0 Å². The summed E-state index contributed by atoms with van der Waals surface area (Å²) >= 11 is 7.71. The van der Waals surface area contributed by atoms with Gasteiger partial charge in [-0.05, 0) is 30.2 Å². The summed E-state index contributed by atoms with van der Waals surface area (Å²) < 4.78 is 0. The minimum absolute atomic E-state index is 0.159. The number of hydrogen-bond acceptors (Lipinski definition) is 5. The molecule has 0 saturated carbocycles. The zero-order valence-corrected chi connectivity index (χ0v) is 15.7. The van der Waals surface area contributed by atoms with Crippen molar-refractivity contribution in [3.05, 3.63) is 69.7 Å². The largest absolute Gasteiger partial charge is 0.298 e. The Balaban J connectivity index is 1.90. The number of amides is 1. The molecule has 0 aromatic heterocycles. The van der Waals surface area contributed by atoms with Crippen LogP contribution in [0.3, 0.4) is 0 Å². The molecule has 5 nitrogen and oxygen atoms in total. The molecular weight excluding hydrogens is 368 g/mol. The molecule has 2 aliphatic rings. The second kappa shape index (κ2) is 7.13. The lowest BCUT2D eigenvalue weighted by Gasteiger charge is -2.34. The molecule has 2 aromatic rings. The van der Waals surface area contributed by atoms with Crippen LogP contribution in [0.1, 0.15) is 25.1 Å². The van der Waals surface area contributed by atoms with Gasteiger partial charge in [0.25, 0.3) is 5.91 Å². The number of thioether (sulfide) groups is 1. The van der Waals surface area contributed by atoms with E-state index in [9.17, 15) is 4.79 Å². The minimum atomic E-state index is -0.429. The van der Waals surface area contributed by atoms with Gasteiger partial charge >= 0.3 is 0 Å². The van der Waals surface area contributed by atoms with Crippen LogP contribution in [-0.4, -0.2) is 21.8 Å². The van der Waals surface area contributed by atoms with Crippen LogP contribution < -0.4 is 15.9 Å². The van der Waals surface area contributed by atoms with Gasteiger partial charge in [0.05, 0.1) is 5.36 Å². The number of nitrogens with one attached hydrogen (secondary N) is 1. The maximum Gasteiger partial charge on any atom is 0.276 e. The predicted octanol–water partition coefficient (Wildman–Crippen LogP) is 2.63. The van der Waals surface area contributed by atoms with E-state index in [0.717, 1.165) is 28.3 Å². The lowest BCUT2D eigenvalue weighted by molar-refractivity contribution is -0.116. The summed E-state index contributed by atoms with van der Waals surface area (Å²) in [7, 11) is 0. The van der Waals surface area contributed by atoms with Crippen molar-refractivity contribution in [1.82, 2.24) is 10.3 Å². The van der Waals surface area contributed by atoms with Crippen LogP contribution in [0.25, 0.3) is 5.70 Å². The summed E-state index contributed by atoms with van der Waals surface area (Å²) in [5.41, 5.74) is 1.41. The fraction of sp³-hybridized carbons (Fsp3) is 0.211. The molecule has 2 aliphatic heterocycles. The average molecular weight is 385 g/mol. The van der Waals surface area contributed by atoms with Crippen molar-refractivity contribution < 1.29 is 4.79 Å². The second-order valence-corrected chi connectivity index (χ2v) is 7.50. The van der Waals surface area contributed by atoms with Gasteiger partial charge in [0.2, 0.25) is 0 Å². The van der Waals surface area contributed by atoms with Gasteiger partial charge in [-0.1, -0.05) is 60.6 Å². The number of benzene rings is 2. The third-order valence-electron chi connectivity index (χ3n) is 4.11. The molecule has 0 saturated heterocycles. The summed E-state index contributed by atoms with van der Waals surface area (Å²) in [5.74, 6) is 0.727. The Kier molecular flexibility index (Phi) is 4.70. The van der Waals surface area contributed by atoms with E-state index < -0.39 is 6.17 Å². The molecule has 132 valence electrons. The zero-order chi connectivity index (χ0) is 18.1. The van der Waals surface area contributed by atoms with Crippen LogP contribution in [0.15, 0.2) is 58.6 Å². The number of halogens is 1. The summed E-state index contributed by atoms with van der Waals surface area (Å²) in [4.78, 5) is 17.7. The van der Waals surface area contributed by atoms with Gasteiger partial charge in [0, 0.05) is 16.0 Å². The molecule has 0 aliphatic carbocycles. The third kappa shape index (κ3) is 3.10. The number of nitrogens with zero attached hydrogens (tertiary/aromatic N) is 3. The van der Waals surface area contributed by atoms with Crippen molar-refractivity contribution in [1.29, 1.82) is 0 Å². The molecular formula is C19H17ClN4OS. The van der Waals surface area contributed by atoms with Crippen molar-refractivity contribution in [2.24, 2.45) is 10.1 Å². The van der Waals surface area contributed by atoms with Gasteiger partial charge < -0.3 is 0 Å². The van der Waals surface area contributed by atoms with Crippen LogP contribution >= 0.6 is 23.4 Å². The first-order chi connectivity index (χ1) is 12.7. The highest BCUT2D eigenvalue weighted by Gasteiger charge is 2.34. The smallest absolute Gasteiger partial charge is 0.276 e. The number of carbonyl (C=O) groups excluding carboxylic acids is 1. The Morgan fingerprint density at radius 1 is 1.23 bits per heavy atom. The normalized spacial score (nSPS) is 18.5. The molecule has 1 atom stereocenters. The SMILES string of the molecule is CCCSC1=NN2C(=c3ccccc3=NC2c2cccc(Cl)c2)C(=O)N1. The highest BCUT2D eigenvalue weighted by Crippen LogP contribution is 2.31. The fourth-order valence-corrected chi connectivity index (χ4v) is 3.88. The topological polar surface area (TPSA) is 57.1 Å². The summed E-state index contributed by atoms with van der Waals surface area (Å²) in [5, 5.41) is 12.1. The standard InChI is InChI=1S/C19H17ClN4OS/c1-2-10-26-19-22-18(25)16-14-8-3-4-9-15(14)21-17(24(16)23-19)12-6-5-7-13(20)11-12/h3-9,11,17H,2,10H2,1H3,(H,22,23,25). The van der Waals surface area contributed by atoms with Crippen LogP contribution in [-0.2, 0) is 4.79 Å². The molecule has 1 unspecified atom stereocenters. The fourth-order valence-electron chi connectivity index (χ4n) is 2.98. The molecule has 1 N–H and O–H groups in total. The van der Waals surface area contributed by atoms with Crippen molar-refractivity contribution >= 4 is 40.1 Å². The van der Waals surface area contributed by atoms with Gasteiger partial charge in [0.15, 0.2) is 11.3 Å². The van der Waals surface area contributed by atoms with Gasteiger partial charge in [-0.15, -0.1) is 5.10 Å². The first kappa shape index (κ1) is 17.1. The summed E-state index contributed by atoms with van der Waals surface area (Å²) in [6, 6.07) is 15.1. The van der Waals surface area contributed by atoms with Crippen LogP contribution in [0, 0.1) is 0 Å². The minimum Gasteiger partial charge on any atom is -0.298 e. The number of rotatable bonds is 3. The van der Waals surface area contributed by atoms with Crippen LogP contribution in [0.2, 0.25) is 5.02 Å². The van der Waals surface area contributed by atoms with Crippen molar-refractivity contribution in [3.63, 3.8) is 0 Å². The maximum absolute atomic E-state index is 12.9. The number of para-hydroxylation sites is 1. The molecule has 4 rings (SSSR count). The average Bonchev–Trinajstić information content (AvgIpc) is 2.65. The van der Waals surface area contributed by atoms with Gasteiger partial charge in [-0.3, -0.25) is 15.1 Å². The predicted molar refractivity (Wildman–Crippen MR) is 105 cm³/mol. The monoisotopic (exact) mass is 384 g/mol. The Labute approximate surface area is 160 Å². The molecule has 26 heavy (non-hydrogen) atoms. The van der Waals surface area contributed by atoms with Gasteiger partial charge in [-0.2, -0.15) is 0 Å². The lowest BCUT2D eigenvalue weighted by Crippen LogP contribution is -2.50. The highest BCUT2D eigenvalue weighted by molar-refractivity contribution is 8.13. The van der Waals surface area contributed by atoms with E-state index in [0.29, 0.717) is 15.9 Å². The molecule has 0 fully saturated rings. The number of hydrogen-bond donors (Lipinski definition) is 1. The second-order valence-electron chi connectivity index (χ2n) is 5.98. The van der Waals surface area contributed by atoms with Crippen LogP contribution in [0.5, 0.6) is 0 Å². The molecule has 0 radical (unpaired) electrons. The van der Waals surface area contributed by atoms with E-state index in [1.807, 2.05) is 48.5 Å². The number of hydrazone groups is 1. The lowest BCUT2D eigenvalue weighted by atomic mass is 10.1. The summed E-state index contributed by atoms with van der Waals surface area (Å²) in [6.07, 6.45) is 0.572. The van der Waals surface area contributed by atoms with Gasteiger partial charge in [0.1, 0.15) is 5.70 Å². The van der Waals surface area contributed by atoms with Crippen molar-refractivity contribution in [2.45, 2.75) is 19.5 Å². The van der Waals surface area contributed by atoms with E-state index in [1.165, 1.54) is 11.8 Å². The van der Waals surface area contributed by atoms with Crippen LogP contribution in [0.4, 0.5) is 0 Å². The zero-order valence-electron chi connectivity index (χ0n) is 14.1. The maximum atomic E-state index is 12.9. The Morgan fingerprint density at radius 3 is 2.88 bits per heavy atom. The Bertz CT molecular complexity index is 1020.